The van der Waals surface area contributed by atoms with Crippen molar-refractivity contribution in [2.45, 2.75) is 59.1 Å². The maximum Gasteiger partial charge on any atom is 0.253 e. The van der Waals surface area contributed by atoms with Gasteiger partial charge in [-0.15, -0.1) is 0 Å². The smallest absolute Gasteiger partial charge is 0.253 e. The summed E-state index contributed by atoms with van der Waals surface area (Å²) in [4.78, 5) is 22.6. The number of carbonyl (C=O) groups excluding carboxylic acids is 1. The van der Waals surface area contributed by atoms with Crippen LogP contribution in [0.2, 0.25) is 0 Å². The van der Waals surface area contributed by atoms with Crippen LogP contribution in [0.1, 0.15) is 67.6 Å². The first-order valence-corrected chi connectivity index (χ1v) is 11.7. The van der Waals surface area contributed by atoms with Gasteiger partial charge in [0.15, 0.2) is 5.65 Å². The largest absolute Gasteiger partial charge is 0.493 e. The molecule has 0 radical (unpaired) electrons. The highest BCUT2D eigenvalue weighted by atomic mass is 16.5. The van der Waals surface area contributed by atoms with E-state index in [0.29, 0.717) is 47.9 Å². The van der Waals surface area contributed by atoms with Gasteiger partial charge < -0.3 is 20.5 Å². The van der Waals surface area contributed by atoms with Crippen LogP contribution in [0, 0.1) is 25.2 Å². The number of carbonyl (C=O) groups is 1. The van der Waals surface area contributed by atoms with Crippen molar-refractivity contribution in [1.82, 2.24) is 24.6 Å². The SMILES string of the molecule is CCOc1c([C@@H](C)n2nc(C)c3c(N)ncnc32)cc(C)c(C#N)c1C1CN(C(=O)C(C)(C)O)C1. The zero-order chi connectivity index (χ0) is 25.7. The molecule has 184 valence electrons. The number of nitrogens with zero attached hydrogens (tertiary/aromatic N) is 6. The Hall–Kier alpha value is -3.71. The quantitative estimate of drug-likeness (QED) is 0.551. The van der Waals surface area contributed by atoms with Crippen molar-refractivity contribution in [3.8, 4) is 11.8 Å². The van der Waals surface area contributed by atoms with E-state index in [2.05, 4.69) is 16.0 Å². The van der Waals surface area contributed by atoms with Crippen LogP contribution >= 0.6 is 0 Å². The molecule has 0 aliphatic carbocycles. The van der Waals surface area contributed by atoms with Gasteiger partial charge in [0.05, 0.1) is 35.4 Å². The molecule has 10 nitrogen and oxygen atoms in total. The van der Waals surface area contributed by atoms with Gasteiger partial charge in [0.2, 0.25) is 0 Å². The summed E-state index contributed by atoms with van der Waals surface area (Å²) in [5.74, 6) is 0.587. The summed E-state index contributed by atoms with van der Waals surface area (Å²) < 4.78 is 7.97. The minimum atomic E-state index is -1.44. The van der Waals surface area contributed by atoms with Crippen LogP contribution in [0.25, 0.3) is 11.0 Å². The maximum absolute atomic E-state index is 12.5. The molecule has 10 heteroatoms. The molecule has 1 atom stereocenters. The molecular weight excluding hydrogens is 446 g/mol. The molecule has 35 heavy (non-hydrogen) atoms. The molecule has 1 aromatic carbocycles. The molecule has 1 amide bonds. The number of aromatic nitrogens is 4. The number of anilines is 1. The summed E-state index contributed by atoms with van der Waals surface area (Å²) in [6.45, 7) is 11.9. The Kier molecular flexibility index (Phi) is 6.15. The molecular formula is C25H31N7O3. The lowest BCUT2D eigenvalue weighted by Gasteiger charge is -2.43. The summed E-state index contributed by atoms with van der Waals surface area (Å²) in [7, 11) is 0. The van der Waals surface area contributed by atoms with E-state index in [-0.39, 0.29) is 17.9 Å². The molecule has 0 bridgehead atoms. The number of nitrogen functional groups attached to an aromatic ring is 1. The molecule has 1 fully saturated rings. The van der Waals surface area contributed by atoms with E-state index in [0.717, 1.165) is 22.4 Å². The molecule has 0 unspecified atom stereocenters. The van der Waals surface area contributed by atoms with Gasteiger partial charge in [0.1, 0.15) is 23.5 Å². The topological polar surface area (TPSA) is 143 Å². The van der Waals surface area contributed by atoms with Crippen LogP contribution in [0.3, 0.4) is 0 Å². The Morgan fingerprint density at radius 1 is 1.37 bits per heavy atom. The second kappa shape index (κ2) is 8.82. The fourth-order valence-electron chi connectivity index (χ4n) is 4.79. The van der Waals surface area contributed by atoms with E-state index in [1.807, 2.05) is 33.8 Å². The highest BCUT2D eigenvalue weighted by Crippen LogP contribution is 2.43. The van der Waals surface area contributed by atoms with Gasteiger partial charge >= 0.3 is 0 Å². The Labute approximate surface area is 204 Å². The first kappa shape index (κ1) is 24.4. The van der Waals surface area contributed by atoms with Crippen LogP contribution in [-0.4, -0.2) is 61.0 Å². The summed E-state index contributed by atoms with van der Waals surface area (Å²) in [6, 6.07) is 4.03. The number of nitriles is 1. The number of aryl methyl sites for hydroxylation is 2. The fourth-order valence-corrected chi connectivity index (χ4v) is 4.79. The fraction of sp³-hybridized carbons (Fsp3) is 0.480. The van der Waals surface area contributed by atoms with Gasteiger partial charge in [-0.3, -0.25) is 4.79 Å². The second-order valence-electron chi connectivity index (χ2n) is 9.57. The van der Waals surface area contributed by atoms with Crippen molar-refractivity contribution in [2.75, 3.05) is 25.4 Å². The summed E-state index contributed by atoms with van der Waals surface area (Å²) in [5, 5.41) is 25.5. The molecule has 2 aromatic heterocycles. The standard InChI is InChI=1S/C25H31N7O3/c1-7-35-21-17(15(4)32-23-19(14(3)30-32)22(27)28-12-29-23)8-13(2)18(9-26)20(21)16-10-31(11-16)24(33)25(5,6)34/h8,12,15-16,34H,7,10-11H2,1-6H3,(H2,27,28,29)/t15-/m1/s1. The minimum absolute atomic E-state index is 0.0857. The number of hydrogen-bond acceptors (Lipinski definition) is 8. The first-order valence-electron chi connectivity index (χ1n) is 11.7. The average Bonchev–Trinajstić information content (AvgIpc) is 3.10. The van der Waals surface area contributed by atoms with Gasteiger partial charge in [0.25, 0.3) is 5.91 Å². The number of rotatable bonds is 6. The third-order valence-electron chi connectivity index (χ3n) is 6.55. The molecule has 1 aliphatic heterocycles. The zero-order valence-electron chi connectivity index (χ0n) is 21.0. The number of benzene rings is 1. The predicted octanol–water partition coefficient (Wildman–Crippen LogP) is 2.60. The molecule has 4 rings (SSSR count). The number of ether oxygens (including phenoxy) is 1. The van der Waals surface area contributed by atoms with E-state index in [1.165, 1.54) is 20.2 Å². The Balaban J connectivity index is 1.83. The van der Waals surface area contributed by atoms with E-state index >= 15 is 0 Å². The Morgan fingerprint density at radius 3 is 2.66 bits per heavy atom. The molecule has 1 saturated heterocycles. The molecule has 0 spiro atoms. The number of hydrogen-bond donors (Lipinski definition) is 2. The summed E-state index contributed by atoms with van der Waals surface area (Å²) in [6.07, 6.45) is 1.42. The third-order valence-corrected chi connectivity index (χ3v) is 6.55. The Morgan fingerprint density at radius 2 is 2.06 bits per heavy atom. The molecule has 1 aliphatic rings. The van der Waals surface area contributed by atoms with Crippen molar-refractivity contribution in [1.29, 1.82) is 5.26 Å². The summed E-state index contributed by atoms with van der Waals surface area (Å²) >= 11 is 0. The lowest BCUT2D eigenvalue weighted by atomic mass is 9.82. The summed E-state index contributed by atoms with van der Waals surface area (Å²) in [5.41, 5.74) is 9.03. The minimum Gasteiger partial charge on any atom is -0.493 e. The van der Waals surface area contributed by atoms with Crippen LogP contribution < -0.4 is 10.5 Å². The molecule has 3 heterocycles. The van der Waals surface area contributed by atoms with Gasteiger partial charge in [-0.1, -0.05) is 0 Å². The van der Waals surface area contributed by atoms with Crippen molar-refractivity contribution < 1.29 is 14.6 Å². The molecule has 3 N–H and O–H groups in total. The van der Waals surface area contributed by atoms with Crippen LogP contribution in [0.5, 0.6) is 5.75 Å². The Bertz CT molecular complexity index is 1340. The van der Waals surface area contributed by atoms with Gasteiger partial charge in [-0.25, -0.2) is 14.6 Å². The van der Waals surface area contributed by atoms with E-state index in [1.54, 1.807) is 9.58 Å². The van der Waals surface area contributed by atoms with Crippen LogP contribution in [-0.2, 0) is 4.79 Å². The van der Waals surface area contributed by atoms with Gasteiger partial charge in [-0.05, 0) is 53.2 Å². The van der Waals surface area contributed by atoms with Crippen molar-refractivity contribution in [2.24, 2.45) is 0 Å². The van der Waals surface area contributed by atoms with E-state index in [4.69, 9.17) is 15.6 Å². The molecule has 0 saturated carbocycles. The normalized spacial score (nSPS) is 15.1. The van der Waals surface area contributed by atoms with E-state index < -0.39 is 5.60 Å². The van der Waals surface area contributed by atoms with E-state index in [9.17, 15) is 15.2 Å². The predicted molar refractivity (Wildman–Crippen MR) is 131 cm³/mol. The lowest BCUT2D eigenvalue weighted by Crippen LogP contribution is -2.55. The number of fused-ring (bicyclic) bond motifs is 1. The number of amides is 1. The molecule has 3 aromatic rings. The lowest BCUT2D eigenvalue weighted by molar-refractivity contribution is -0.152. The zero-order valence-corrected chi connectivity index (χ0v) is 21.0. The number of likely N-dealkylation sites (tertiary alicyclic amines) is 1. The maximum atomic E-state index is 12.5. The monoisotopic (exact) mass is 477 g/mol. The van der Waals surface area contributed by atoms with Gasteiger partial charge in [-0.2, -0.15) is 10.4 Å². The second-order valence-corrected chi connectivity index (χ2v) is 9.57. The first-order chi connectivity index (χ1) is 16.5. The number of aliphatic hydroxyl groups is 1. The van der Waals surface area contributed by atoms with Crippen molar-refractivity contribution in [3.05, 3.63) is 40.3 Å². The number of nitrogens with two attached hydrogens (primary N) is 1. The highest BCUT2D eigenvalue weighted by molar-refractivity contribution is 5.88. The van der Waals surface area contributed by atoms with Crippen LogP contribution in [0.4, 0.5) is 5.82 Å². The highest BCUT2D eigenvalue weighted by Gasteiger charge is 2.41. The van der Waals surface area contributed by atoms with Crippen molar-refractivity contribution in [3.63, 3.8) is 0 Å². The third kappa shape index (κ3) is 4.06. The van der Waals surface area contributed by atoms with Crippen molar-refractivity contribution >= 4 is 22.8 Å². The van der Waals surface area contributed by atoms with Gasteiger partial charge in [0, 0.05) is 30.1 Å². The average molecular weight is 478 g/mol. The van der Waals surface area contributed by atoms with Crippen LogP contribution in [0.15, 0.2) is 12.4 Å².